The Morgan fingerprint density at radius 3 is 2.04 bits per heavy atom. The molecular weight excluding hydrogens is 774 g/mol. The molecule has 4 aromatic carbocycles. The van der Waals surface area contributed by atoms with E-state index >= 15 is 0 Å². The Hall–Kier alpha value is -3.73. The number of unbranched alkanes of at least 4 members (excludes halogenated alkanes) is 2. The number of halogens is 1. The molecule has 3 aliphatic rings. The minimum atomic E-state index is -4.03. The highest BCUT2D eigenvalue weighted by Crippen LogP contribution is 2.55. The van der Waals surface area contributed by atoms with Crippen LogP contribution in [0.15, 0.2) is 119 Å². The van der Waals surface area contributed by atoms with Crippen molar-refractivity contribution in [3.63, 3.8) is 0 Å². The van der Waals surface area contributed by atoms with Crippen molar-refractivity contribution in [2.24, 2.45) is 5.92 Å². The maximum Gasteiger partial charge on any atom is 0.264 e. The number of fused-ring (bicyclic) bond motifs is 6. The number of anilines is 1. The van der Waals surface area contributed by atoms with E-state index in [9.17, 15) is 25.9 Å². The Kier molecular flexibility index (Phi) is 11.7. The zero-order valence-electron chi connectivity index (χ0n) is 33.3. The van der Waals surface area contributed by atoms with Crippen molar-refractivity contribution >= 4 is 59.1 Å². The summed E-state index contributed by atoms with van der Waals surface area (Å²) in [5.41, 5.74) is 7.80. The fourth-order valence-corrected chi connectivity index (χ4v) is 11.4. The van der Waals surface area contributed by atoms with Gasteiger partial charge in [0, 0.05) is 28.4 Å². The molecule has 0 spiro atoms. The smallest absolute Gasteiger partial charge is 0.264 e. The first-order valence-corrected chi connectivity index (χ1v) is 23.8. The molecule has 1 aliphatic heterocycles. The first kappa shape index (κ1) is 41.4. The zero-order chi connectivity index (χ0) is 40.8. The van der Waals surface area contributed by atoms with Gasteiger partial charge >= 0.3 is 0 Å². The Bertz CT molecular complexity index is 2550. The highest BCUT2D eigenvalue weighted by Gasteiger charge is 2.45. The van der Waals surface area contributed by atoms with Gasteiger partial charge in [-0.1, -0.05) is 131 Å². The Morgan fingerprint density at radius 1 is 0.754 bits per heavy atom. The maximum atomic E-state index is 11.5. The van der Waals surface area contributed by atoms with Gasteiger partial charge in [0.1, 0.15) is 0 Å². The van der Waals surface area contributed by atoms with E-state index in [0.29, 0.717) is 32.2 Å². The fraction of sp³-hybridized carbons (Fsp3) is 0.404. The molecule has 0 amide bonds. The average molecular weight is 829 g/mol. The van der Waals surface area contributed by atoms with Gasteiger partial charge in [0.25, 0.3) is 20.2 Å². The van der Waals surface area contributed by atoms with Crippen LogP contribution >= 0.6 is 11.6 Å². The van der Waals surface area contributed by atoms with Crippen LogP contribution in [0.2, 0.25) is 0 Å². The lowest BCUT2D eigenvalue weighted by Gasteiger charge is -2.30. The van der Waals surface area contributed by atoms with E-state index in [0.717, 1.165) is 53.2 Å². The van der Waals surface area contributed by atoms with E-state index in [1.165, 1.54) is 38.2 Å². The minimum absolute atomic E-state index is 0.152. The summed E-state index contributed by atoms with van der Waals surface area (Å²) in [6.07, 6.45) is 14.5. The molecule has 1 heterocycles. The Balaban J connectivity index is 1.21. The number of nitrogens with zero attached hydrogens (tertiary/aromatic N) is 1. The van der Waals surface area contributed by atoms with Crippen LogP contribution in [0, 0.1) is 5.92 Å². The third kappa shape index (κ3) is 8.55. The normalized spacial score (nSPS) is 22.1. The molecule has 0 aromatic heterocycles. The SMILES string of the molecule is CC1(C)/C(=C\C=C2/CCCC(/C=C/C3C(CCCCS(=O)(=O)O)c4ccc5ccccc5c4C3(C)C)=C2Cl)N(CCCCS(=O)(=O)O)c2ccc3ccccc3c21. The van der Waals surface area contributed by atoms with E-state index in [4.69, 9.17) is 11.6 Å². The third-order valence-corrected chi connectivity index (χ3v) is 14.7. The first-order chi connectivity index (χ1) is 27.0. The van der Waals surface area contributed by atoms with E-state index < -0.39 is 20.2 Å². The predicted molar refractivity (Wildman–Crippen MR) is 235 cm³/mol. The summed E-state index contributed by atoms with van der Waals surface area (Å²) < 4.78 is 64.8. The highest BCUT2D eigenvalue weighted by atomic mass is 35.5. The number of hydrogen-bond acceptors (Lipinski definition) is 5. The van der Waals surface area contributed by atoms with Crippen LogP contribution in [0.3, 0.4) is 0 Å². The quantitative estimate of drug-likeness (QED) is 0.102. The second-order valence-electron chi connectivity index (χ2n) is 17.1. The molecule has 4 aromatic rings. The van der Waals surface area contributed by atoms with E-state index in [-0.39, 0.29) is 34.2 Å². The largest absolute Gasteiger partial charge is 0.344 e. The first-order valence-electron chi connectivity index (χ1n) is 20.2. The molecule has 7 nitrogen and oxygen atoms in total. The molecule has 0 bridgehead atoms. The van der Waals surface area contributed by atoms with Crippen molar-refractivity contribution < 1.29 is 25.9 Å². The molecule has 0 fully saturated rings. The standard InChI is InChI=1S/C47H54ClNO6S2/c1-46(2)40(38(20-9-11-30-56(50,51)52)39-25-21-32-14-5-7-18-36(32)43(39)46)26-22-34-16-13-17-35(45(34)48)24-28-42-47(3,4)44-37-19-8-6-15-33(37)23-27-41(44)49(42)29-10-12-31-57(53,54)55/h5-8,14-15,18-19,21-28,38,40H,9-13,16-17,20,29-31H2,1-4H3,(H,50,51,52)(H,53,54,55)/b26-22+,35-24+,42-28+. The van der Waals surface area contributed by atoms with Crippen LogP contribution in [0.25, 0.3) is 21.5 Å². The summed E-state index contributed by atoms with van der Waals surface area (Å²) >= 11 is 7.32. The summed E-state index contributed by atoms with van der Waals surface area (Å²) in [6.45, 7) is 9.74. The predicted octanol–water partition coefficient (Wildman–Crippen LogP) is 11.6. The monoisotopic (exact) mass is 827 g/mol. The molecule has 2 atom stereocenters. The van der Waals surface area contributed by atoms with E-state index in [1.54, 1.807) is 0 Å². The van der Waals surface area contributed by atoms with Gasteiger partial charge in [-0.15, -0.1) is 0 Å². The van der Waals surface area contributed by atoms with Crippen LogP contribution in [0.5, 0.6) is 0 Å². The van der Waals surface area contributed by atoms with Gasteiger partial charge in [-0.2, -0.15) is 16.8 Å². The molecule has 7 rings (SSSR count). The second-order valence-corrected chi connectivity index (χ2v) is 20.7. The third-order valence-electron chi connectivity index (χ3n) is 12.6. The molecule has 2 aliphatic carbocycles. The van der Waals surface area contributed by atoms with Crippen LogP contribution in [0.1, 0.15) is 102 Å². The van der Waals surface area contributed by atoms with E-state index in [2.05, 4.69) is 130 Å². The molecular formula is C47H54ClNO6S2. The van der Waals surface area contributed by atoms with Crippen molar-refractivity contribution in [1.29, 1.82) is 0 Å². The molecule has 0 radical (unpaired) electrons. The lowest BCUT2D eigenvalue weighted by molar-refractivity contribution is 0.353. The maximum absolute atomic E-state index is 11.5. The van der Waals surface area contributed by atoms with E-state index in [1.807, 2.05) is 0 Å². The summed E-state index contributed by atoms with van der Waals surface area (Å²) in [7, 11) is -8.04. The average Bonchev–Trinajstić information content (AvgIpc) is 3.51. The van der Waals surface area contributed by atoms with Gasteiger partial charge in [-0.05, 0) is 124 Å². The lowest BCUT2D eigenvalue weighted by Crippen LogP contribution is -2.27. The van der Waals surface area contributed by atoms with Gasteiger partial charge in [0.05, 0.1) is 11.5 Å². The summed E-state index contributed by atoms with van der Waals surface area (Å²) in [6, 6.07) is 25.7. The highest BCUT2D eigenvalue weighted by molar-refractivity contribution is 7.86. The number of benzene rings is 4. The molecule has 2 N–H and O–H groups in total. The van der Waals surface area contributed by atoms with Gasteiger partial charge in [0.15, 0.2) is 0 Å². The minimum Gasteiger partial charge on any atom is -0.344 e. The Labute approximate surface area is 343 Å². The number of allylic oxidation sites excluding steroid dienone is 8. The molecule has 10 heteroatoms. The topological polar surface area (TPSA) is 112 Å². The summed E-state index contributed by atoms with van der Waals surface area (Å²) in [5.74, 6) is -0.150. The van der Waals surface area contributed by atoms with Gasteiger partial charge in [0.2, 0.25) is 0 Å². The molecule has 2 unspecified atom stereocenters. The van der Waals surface area contributed by atoms with Gasteiger partial charge in [-0.25, -0.2) is 0 Å². The second kappa shape index (κ2) is 16.1. The lowest BCUT2D eigenvalue weighted by atomic mass is 9.73. The van der Waals surface area contributed by atoms with Crippen molar-refractivity contribution in [3.05, 3.63) is 136 Å². The van der Waals surface area contributed by atoms with Crippen molar-refractivity contribution in [2.45, 2.75) is 95.8 Å². The summed E-state index contributed by atoms with van der Waals surface area (Å²) in [5, 5.41) is 5.61. The molecule has 0 saturated carbocycles. The van der Waals surface area contributed by atoms with Crippen LogP contribution < -0.4 is 4.90 Å². The van der Waals surface area contributed by atoms with Crippen LogP contribution in [-0.4, -0.2) is 44.0 Å². The molecule has 302 valence electrons. The van der Waals surface area contributed by atoms with Gasteiger partial charge in [-0.3, -0.25) is 9.11 Å². The van der Waals surface area contributed by atoms with Crippen LogP contribution in [-0.2, 0) is 31.1 Å². The summed E-state index contributed by atoms with van der Waals surface area (Å²) in [4.78, 5) is 2.31. The Morgan fingerprint density at radius 2 is 1.37 bits per heavy atom. The molecule has 0 saturated heterocycles. The van der Waals surface area contributed by atoms with Gasteiger partial charge < -0.3 is 4.90 Å². The number of rotatable bonds is 13. The number of hydrogen-bond donors (Lipinski definition) is 2. The zero-order valence-corrected chi connectivity index (χ0v) is 35.7. The van der Waals surface area contributed by atoms with Crippen molar-refractivity contribution in [2.75, 3.05) is 23.0 Å². The van der Waals surface area contributed by atoms with Crippen molar-refractivity contribution in [1.82, 2.24) is 0 Å². The van der Waals surface area contributed by atoms with Crippen LogP contribution in [0.4, 0.5) is 5.69 Å². The fourth-order valence-electron chi connectivity index (χ4n) is 9.98. The van der Waals surface area contributed by atoms with Crippen molar-refractivity contribution in [3.8, 4) is 0 Å². The molecule has 57 heavy (non-hydrogen) atoms.